The first-order valence-electron chi connectivity index (χ1n) is 9.09. The van der Waals surface area contributed by atoms with E-state index in [0.717, 1.165) is 5.56 Å². The van der Waals surface area contributed by atoms with Crippen LogP contribution >= 0.6 is 11.6 Å². The fourth-order valence-corrected chi connectivity index (χ4v) is 3.97. The van der Waals surface area contributed by atoms with Gasteiger partial charge in [0.05, 0.1) is 10.6 Å². The van der Waals surface area contributed by atoms with Crippen LogP contribution in [0.25, 0.3) is 5.76 Å². The van der Waals surface area contributed by atoms with Crippen molar-refractivity contribution in [3.8, 4) is 0 Å². The van der Waals surface area contributed by atoms with Crippen LogP contribution in [0, 0.1) is 5.21 Å². The molecule has 0 amide bonds. The van der Waals surface area contributed by atoms with Gasteiger partial charge in [0.25, 0.3) is 10.0 Å². The van der Waals surface area contributed by atoms with E-state index in [-0.39, 0.29) is 32.2 Å². The molecule has 0 unspecified atom stereocenters. The Morgan fingerprint density at radius 1 is 1.03 bits per heavy atom. The van der Waals surface area contributed by atoms with Crippen molar-refractivity contribution >= 4 is 33.1 Å². The first-order valence-corrected chi connectivity index (χ1v) is 10.9. The molecule has 8 heteroatoms. The van der Waals surface area contributed by atoms with Crippen molar-refractivity contribution in [1.29, 1.82) is 0 Å². The summed E-state index contributed by atoms with van der Waals surface area (Å²) in [4.78, 5) is 0.0240. The number of aromatic nitrogens is 1. The number of sulfonamides is 1. The molecule has 2 aromatic rings. The molecule has 0 N–H and O–H groups in total. The summed E-state index contributed by atoms with van der Waals surface area (Å²) in [6, 6.07) is 9.19. The Kier molecular flexibility index (Phi) is 5.87. The number of rotatable bonds is 3. The van der Waals surface area contributed by atoms with Crippen molar-refractivity contribution in [1.82, 2.24) is 0 Å². The number of nitrogens with zero attached hydrogens (tertiary/aromatic N) is 2. The van der Waals surface area contributed by atoms with E-state index in [0.29, 0.717) is 4.73 Å². The highest BCUT2D eigenvalue weighted by atomic mass is 35.5. The molecule has 0 spiro atoms. The van der Waals surface area contributed by atoms with Crippen LogP contribution in [0.3, 0.4) is 0 Å². The summed E-state index contributed by atoms with van der Waals surface area (Å²) < 4.78 is 30.1. The third kappa shape index (κ3) is 4.80. The maximum atomic E-state index is 12.9. The Morgan fingerprint density at radius 3 is 2.20 bits per heavy atom. The van der Waals surface area contributed by atoms with Gasteiger partial charge in [-0.2, -0.15) is 17.5 Å². The zero-order valence-corrected chi connectivity index (χ0v) is 18.2. The molecule has 0 saturated heterocycles. The number of allylic oxidation sites excluding steroid dienone is 5. The van der Waals surface area contributed by atoms with Crippen LogP contribution in [0.4, 0.5) is 0 Å². The van der Waals surface area contributed by atoms with Crippen molar-refractivity contribution in [2.45, 2.75) is 31.1 Å². The SMILES string of the molecule is CC(C)(C)c1ccc(S(=O)(=O)N=C2C=CC(Cl)=CC2=C([O-])c2cc[n+]([O-])cc2)cc1. The number of halogens is 1. The van der Waals surface area contributed by atoms with Crippen LogP contribution in [0.5, 0.6) is 0 Å². The summed E-state index contributed by atoms with van der Waals surface area (Å²) in [7, 11) is -4.06. The largest absolute Gasteiger partial charge is 0.872 e. The van der Waals surface area contributed by atoms with E-state index in [2.05, 4.69) is 4.40 Å². The number of benzene rings is 1. The second-order valence-electron chi connectivity index (χ2n) is 7.78. The Morgan fingerprint density at radius 2 is 1.63 bits per heavy atom. The lowest BCUT2D eigenvalue weighted by atomic mass is 9.87. The Bertz CT molecular complexity index is 1190. The molecule has 1 aliphatic carbocycles. The van der Waals surface area contributed by atoms with Crippen LogP contribution in [0.1, 0.15) is 31.9 Å². The predicted octanol–water partition coefficient (Wildman–Crippen LogP) is 3.21. The van der Waals surface area contributed by atoms with Gasteiger partial charge in [0, 0.05) is 17.2 Å². The molecule has 6 nitrogen and oxygen atoms in total. The lowest BCUT2D eigenvalue weighted by Crippen LogP contribution is -2.24. The monoisotopic (exact) mass is 443 g/mol. The molecule has 0 bridgehead atoms. The fourth-order valence-electron chi connectivity index (χ4n) is 2.80. The summed E-state index contributed by atoms with van der Waals surface area (Å²) >= 11 is 6.02. The minimum atomic E-state index is -4.06. The summed E-state index contributed by atoms with van der Waals surface area (Å²) in [6.45, 7) is 6.10. The third-order valence-electron chi connectivity index (χ3n) is 4.50. The third-order valence-corrected chi connectivity index (χ3v) is 6.04. The molecular formula is C22H20ClN2O4S-. The van der Waals surface area contributed by atoms with E-state index < -0.39 is 15.8 Å². The van der Waals surface area contributed by atoms with Crippen molar-refractivity contribution in [3.63, 3.8) is 0 Å². The lowest BCUT2D eigenvalue weighted by molar-refractivity contribution is -0.605. The van der Waals surface area contributed by atoms with Crippen LogP contribution < -0.4 is 9.84 Å². The van der Waals surface area contributed by atoms with Crippen molar-refractivity contribution in [2.75, 3.05) is 0 Å². The maximum Gasteiger partial charge on any atom is 0.282 e. The minimum absolute atomic E-state index is 0.0240. The average Bonchev–Trinajstić information content (AvgIpc) is 2.69. The summed E-state index contributed by atoms with van der Waals surface area (Å²) in [5, 5.41) is 24.4. The molecule has 0 fully saturated rings. The zero-order valence-electron chi connectivity index (χ0n) is 16.7. The van der Waals surface area contributed by atoms with Gasteiger partial charge in [-0.1, -0.05) is 50.3 Å². The Labute approximate surface area is 180 Å². The molecule has 0 saturated carbocycles. The van der Waals surface area contributed by atoms with Crippen LogP contribution in [-0.4, -0.2) is 14.1 Å². The first-order chi connectivity index (χ1) is 14.0. The topological polar surface area (TPSA) is 96.5 Å². The summed E-state index contributed by atoms with van der Waals surface area (Å²) in [6.07, 6.45) is 6.57. The van der Waals surface area contributed by atoms with Gasteiger partial charge >= 0.3 is 0 Å². The Hall–Kier alpha value is -2.90. The van der Waals surface area contributed by atoms with E-state index in [1.54, 1.807) is 12.1 Å². The van der Waals surface area contributed by atoms with Crippen LogP contribution in [0.15, 0.2) is 86.9 Å². The Balaban J connectivity index is 2.06. The van der Waals surface area contributed by atoms with Gasteiger partial charge in [-0.25, -0.2) is 0 Å². The van der Waals surface area contributed by atoms with Crippen molar-refractivity contribution in [2.24, 2.45) is 4.40 Å². The zero-order chi connectivity index (χ0) is 22.1. The molecule has 0 aliphatic heterocycles. The van der Waals surface area contributed by atoms with Gasteiger partial charge in [0.1, 0.15) is 0 Å². The highest BCUT2D eigenvalue weighted by molar-refractivity contribution is 7.90. The molecule has 156 valence electrons. The van der Waals surface area contributed by atoms with Gasteiger partial charge in [0.15, 0.2) is 12.4 Å². The summed E-state index contributed by atoms with van der Waals surface area (Å²) in [5.74, 6) is -0.491. The second kappa shape index (κ2) is 8.08. The number of pyridine rings is 1. The number of hydrogen-bond acceptors (Lipinski definition) is 4. The maximum absolute atomic E-state index is 12.9. The minimum Gasteiger partial charge on any atom is -0.872 e. The van der Waals surface area contributed by atoms with Gasteiger partial charge in [-0.15, -0.1) is 0 Å². The van der Waals surface area contributed by atoms with E-state index in [9.17, 15) is 18.7 Å². The van der Waals surface area contributed by atoms with Gasteiger partial charge in [-0.3, -0.25) is 0 Å². The van der Waals surface area contributed by atoms with E-state index in [4.69, 9.17) is 11.6 Å². The molecular weight excluding hydrogens is 424 g/mol. The van der Waals surface area contributed by atoms with E-state index in [1.165, 1.54) is 54.9 Å². The van der Waals surface area contributed by atoms with Gasteiger partial charge in [0.2, 0.25) is 0 Å². The van der Waals surface area contributed by atoms with Gasteiger partial charge < -0.3 is 10.3 Å². The molecule has 0 radical (unpaired) electrons. The smallest absolute Gasteiger partial charge is 0.282 e. The fraction of sp³-hybridized carbons (Fsp3) is 0.182. The first kappa shape index (κ1) is 21.8. The van der Waals surface area contributed by atoms with Crippen molar-refractivity contribution in [3.05, 3.63) is 94.0 Å². The standard InChI is InChI=1S/C22H21ClN2O4S/c1-22(2,3)16-4-7-18(8-5-16)30(28,29)24-20-9-6-17(23)14-19(20)21(26)15-10-12-25(27)13-11-15/h4-14,26H,1-3H3/p-1. The highest BCUT2D eigenvalue weighted by Crippen LogP contribution is 2.26. The molecule has 1 aromatic carbocycles. The van der Waals surface area contributed by atoms with Crippen LogP contribution in [-0.2, 0) is 15.4 Å². The van der Waals surface area contributed by atoms with Gasteiger partial charge in [-0.05, 0) is 52.5 Å². The van der Waals surface area contributed by atoms with Crippen molar-refractivity contribution < 1.29 is 18.3 Å². The normalized spacial score (nSPS) is 17.7. The predicted molar refractivity (Wildman–Crippen MR) is 115 cm³/mol. The molecule has 30 heavy (non-hydrogen) atoms. The second-order valence-corrected chi connectivity index (χ2v) is 9.82. The molecule has 1 aromatic heterocycles. The molecule has 0 atom stereocenters. The molecule has 1 aliphatic rings. The lowest BCUT2D eigenvalue weighted by Gasteiger charge is -2.20. The van der Waals surface area contributed by atoms with E-state index in [1.807, 2.05) is 20.8 Å². The average molecular weight is 444 g/mol. The van der Waals surface area contributed by atoms with Crippen LogP contribution in [0.2, 0.25) is 0 Å². The molecule has 1 heterocycles. The summed E-state index contributed by atoms with van der Waals surface area (Å²) in [5.41, 5.74) is 1.09. The van der Waals surface area contributed by atoms with E-state index >= 15 is 0 Å². The highest BCUT2D eigenvalue weighted by Gasteiger charge is 2.19. The quantitative estimate of drug-likeness (QED) is 0.413. The number of hydrogen-bond donors (Lipinski definition) is 0. The molecule has 3 rings (SSSR count).